The highest BCUT2D eigenvalue weighted by molar-refractivity contribution is 5.58. The lowest BCUT2D eigenvalue weighted by Gasteiger charge is -2.01. The quantitative estimate of drug-likeness (QED) is 0.776. The van der Waals surface area contributed by atoms with E-state index in [-0.39, 0.29) is 0 Å². The van der Waals surface area contributed by atoms with Gasteiger partial charge in [0.15, 0.2) is 5.82 Å². The van der Waals surface area contributed by atoms with Crippen LogP contribution >= 0.6 is 0 Å². The summed E-state index contributed by atoms with van der Waals surface area (Å²) < 4.78 is 0. The van der Waals surface area contributed by atoms with Gasteiger partial charge in [0, 0.05) is 17.2 Å². The summed E-state index contributed by atoms with van der Waals surface area (Å²) in [6.45, 7) is 0. The highest BCUT2D eigenvalue weighted by Crippen LogP contribution is 2.32. The van der Waals surface area contributed by atoms with Crippen molar-refractivity contribution >= 4 is 5.69 Å². The summed E-state index contributed by atoms with van der Waals surface area (Å²) in [7, 11) is 0. The lowest BCUT2D eigenvalue weighted by atomic mass is 10.1. The first-order valence-electron chi connectivity index (χ1n) is 6.11. The van der Waals surface area contributed by atoms with Crippen LogP contribution in [-0.2, 0) is 0 Å². The van der Waals surface area contributed by atoms with Crippen molar-refractivity contribution in [2.24, 2.45) is 0 Å². The van der Waals surface area contributed by atoms with Gasteiger partial charge in [-0.2, -0.15) is 5.10 Å². The summed E-state index contributed by atoms with van der Waals surface area (Å²) in [6, 6.07) is 7.66. The molecule has 1 aliphatic carbocycles. The zero-order chi connectivity index (χ0) is 11.7. The van der Waals surface area contributed by atoms with E-state index in [1.165, 1.54) is 25.7 Å². The Hall–Kier alpha value is -1.84. The fourth-order valence-corrected chi connectivity index (χ4v) is 2.42. The molecule has 88 valence electrons. The van der Waals surface area contributed by atoms with E-state index in [9.17, 15) is 0 Å². The van der Waals surface area contributed by atoms with Gasteiger partial charge >= 0.3 is 0 Å². The van der Waals surface area contributed by atoms with Gasteiger partial charge in [-0.25, -0.2) is 4.98 Å². The predicted octanol–water partition coefficient (Wildman–Crippen LogP) is 2.71. The van der Waals surface area contributed by atoms with Crippen LogP contribution in [0.1, 0.15) is 37.4 Å². The van der Waals surface area contributed by atoms with Gasteiger partial charge in [-0.1, -0.05) is 12.8 Å². The van der Waals surface area contributed by atoms with E-state index in [0.717, 1.165) is 22.9 Å². The molecular weight excluding hydrogens is 212 g/mol. The van der Waals surface area contributed by atoms with E-state index >= 15 is 0 Å². The Balaban J connectivity index is 1.86. The van der Waals surface area contributed by atoms with E-state index in [0.29, 0.717) is 5.92 Å². The molecule has 0 radical (unpaired) electrons. The smallest absolute Gasteiger partial charge is 0.181 e. The Morgan fingerprint density at radius 3 is 2.53 bits per heavy atom. The molecule has 1 aliphatic rings. The summed E-state index contributed by atoms with van der Waals surface area (Å²) in [4.78, 5) is 4.58. The predicted molar refractivity (Wildman–Crippen MR) is 67.4 cm³/mol. The summed E-state index contributed by atoms with van der Waals surface area (Å²) in [5.74, 6) is 2.38. The van der Waals surface area contributed by atoms with E-state index in [1.54, 1.807) is 0 Å². The molecule has 1 aromatic heterocycles. The summed E-state index contributed by atoms with van der Waals surface area (Å²) in [5, 5.41) is 7.35. The molecule has 1 aromatic carbocycles. The fourth-order valence-electron chi connectivity index (χ4n) is 2.42. The van der Waals surface area contributed by atoms with Crippen molar-refractivity contribution < 1.29 is 0 Å². The van der Waals surface area contributed by atoms with Gasteiger partial charge < -0.3 is 5.73 Å². The number of aromatic nitrogens is 3. The van der Waals surface area contributed by atoms with Gasteiger partial charge in [-0.3, -0.25) is 5.10 Å². The molecule has 0 bridgehead atoms. The van der Waals surface area contributed by atoms with Crippen molar-refractivity contribution in [3.8, 4) is 11.4 Å². The third kappa shape index (κ3) is 2.02. The molecule has 0 spiro atoms. The van der Waals surface area contributed by atoms with Gasteiger partial charge in [0.2, 0.25) is 0 Å². The molecule has 0 unspecified atom stereocenters. The Labute approximate surface area is 100 Å². The second-order valence-electron chi connectivity index (χ2n) is 4.65. The molecule has 1 fully saturated rings. The van der Waals surface area contributed by atoms with Gasteiger partial charge in [-0.15, -0.1) is 0 Å². The first kappa shape index (κ1) is 10.3. The third-order valence-corrected chi connectivity index (χ3v) is 3.41. The monoisotopic (exact) mass is 228 g/mol. The zero-order valence-corrected chi connectivity index (χ0v) is 9.69. The van der Waals surface area contributed by atoms with Gasteiger partial charge in [0.1, 0.15) is 5.82 Å². The molecular formula is C13H16N4. The number of nitrogens with zero attached hydrogens (tertiary/aromatic N) is 2. The number of hydrogen-bond donors (Lipinski definition) is 2. The molecule has 1 heterocycles. The van der Waals surface area contributed by atoms with Crippen LogP contribution in [0.4, 0.5) is 5.69 Å². The van der Waals surface area contributed by atoms with Crippen LogP contribution in [0.5, 0.6) is 0 Å². The molecule has 0 aliphatic heterocycles. The molecule has 3 rings (SSSR count). The molecule has 2 aromatic rings. The number of H-pyrrole nitrogens is 1. The van der Waals surface area contributed by atoms with Crippen molar-refractivity contribution in [1.82, 2.24) is 15.2 Å². The molecule has 3 N–H and O–H groups in total. The third-order valence-electron chi connectivity index (χ3n) is 3.41. The topological polar surface area (TPSA) is 67.6 Å². The van der Waals surface area contributed by atoms with Crippen molar-refractivity contribution in [2.45, 2.75) is 31.6 Å². The van der Waals surface area contributed by atoms with Crippen molar-refractivity contribution in [2.75, 3.05) is 5.73 Å². The molecule has 4 nitrogen and oxygen atoms in total. The fraction of sp³-hybridized carbons (Fsp3) is 0.385. The minimum Gasteiger partial charge on any atom is -0.399 e. The largest absolute Gasteiger partial charge is 0.399 e. The molecule has 0 saturated heterocycles. The van der Waals surface area contributed by atoms with Crippen LogP contribution < -0.4 is 5.73 Å². The number of rotatable bonds is 2. The molecule has 1 saturated carbocycles. The number of benzene rings is 1. The maximum absolute atomic E-state index is 5.66. The highest BCUT2D eigenvalue weighted by Gasteiger charge is 2.20. The maximum Gasteiger partial charge on any atom is 0.181 e. The minimum atomic E-state index is 0.574. The van der Waals surface area contributed by atoms with E-state index in [1.807, 2.05) is 24.3 Å². The van der Waals surface area contributed by atoms with E-state index in [4.69, 9.17) is 5.73 Å². The number of nitrogens with one attached hydrogen (secondary N) is 1. The lowest BCUT2D eigenvalue weighted by Crippen LogP contribution is -1.94. The molecule has 0 atom stereocenters. The highest BCUT2D eigenvalue weighted by atomic mass is 15.2. The number of hydrogen-bond acceptors (Lipinski definition) is 3. The number of anilines is 1. The minimum absolute atomic E-state index is 0.574. The van der Waals surface area contributed by atoms with Gasteiger partial charge in [0.05, 0.1) is 0 Å². The van der Waals surface area contributed by atoms with Crippen LogP contribution in [0, 0.1) is 0 Å². The normalized spacial score (nSPS) is 16.5. The SMILES string of the molecule is Nc1ccc(-c2n[nH]c(C3CCCC3)n2)cc1. The van der Waals surface area contributed by atoms with Crippen molar-refractivity contribution in [3.63, 3.8) is 0 Å². The second-order valence-corrected chi connectivity index (χ2v) is 4.65. The van der Waals surface area contributed by atoms with Crippen LogP contribution in [0.2, 0.25) is 0 Å². The average Bonchev–Trinajstić information content (AvgIpc) is 3.00. The first-order chi connectivity index (χ1) is 8.33. The Kier molecular flexibility index (Phi) is 2.55. The van der Waals surface area contributed by atoms with Crippen LogP contribution in [0.3, 0.4) is 0 Å². The van der Waals surface area contributed by atoms with Crippen LogP contribution in [-0.4, -0.2) is 15.2 Å². The number of aromatic amines is 1. The Morgan fingerprint density at radius 2 is 1.82 bits per heavy atom. The van der Waals surface area contributed by atoms with Crippen molar-refractivity contribution in [3.05, 3.63) is 30.1 Å². The van der Waals surface area contributed by atoms with Crippen LogP contribution in [0.25, 0.3) is 11.4 Å². The average molecular weight is 228 g/mol. The maximum atomic E-state index is 5.66. The molecule has 4 heteroatoms. The second kappa shape index (κ2) is 4.20. The number of nitrogens with two attached hydrogens (primary N) is 1. The van der Waals surface area contributed by atoms with Crippen molar-refractivity contribution in [1.29, 1.82) is 0 Å². The molecule has 17 heavy (non-hydrogen) atoms. The van der Waals surface area contributed by atoms with Gasteiger partial charge in [-0.05, 0) is 37.1 Å². The lowest BCUT2D eigenvalue weighted by molar-refractivity contribution is 0.672. The first-order valence-corrected chi connectivity index (χ1v) is 6.11. The molecule has 0 amide bonds. The summed E-state index contributed by atoms with van der Waals surface area (Å²) >= 11 is 0. The number of nitrogen functional groups attached to an aromatic ring is 1. The zero-order valence-electron chi connectivity index (χ0n) is 9.69. The van der Waals surface area contributed by atoms with Crippen LogP contribution in [0.15, 0.2) is 24.3 Å². The van der Waals surface area contributed by atoms with E-state index in [2.05, 4.69) is 15.2 Å². The Bertz CT molecular complexity index is 494. The van der Waals surface area contributed by atoms with Gasteiger partial charge in [0.25, 0.3) is 0 Å². The Morgan fingerprint density at radius 1 is 1.12 bits per heavy atom. The summed E-state index contributed by atoms with van der Waals surface area (Å²) in [5.41, 5.74) is 7.44. The standard InChI is InChI=1S/C13H16N4/c14-11-7-5-10(6-8-11)13-15-12(16-17-13)9-3-1-2-4-9/h5-9H,1-4,14H2,(H,15,16,17). The summed E-state index contributed by atoms with van der Waals surface area (Å²) in [6.07, 6.45) is 5.08. The van der Waals surface area contributed by atoms with E-state index < -0.39 is 0 Å².